The second-order valence-corrected chi connectivity index (χ2v) is 7.07. The highest BCUT2D eigenvalue weighted by Crippen LogP contribution is 2.28. The highest BCUT2D eigenvalue weighted by molar-refractivity contribution is 6.30. The molecule has 0 atom stereocenters. The Labute approximate surface area is 170 Å². The van der Waals surface area contributed by atoms with Crippen LogP contribution in [0.2, 0.25) is 5.02 Å². The van der Waals surface area contributed by atoms with Gasteiger partial charge in [-0.2, -0.15) is 0 Å². The van der Waals surface area contributed by atoms with Gasteiger partial charge in [-0.05, 0) is 54.8 Å². The maximum absolute atomic E-state index is 12.0. The monoisotopic (exact) mass is 404 g/mol. The molecule has 0 radical (unpaired) electrons. The summed E-state index contributed by atoms with van der Waals surface area (Å²) in [5, 5.41) is 7.21. The van der Waals surface area contributed by atoms with E-state index in [0.717, 1.165) is 11.1 Å². The van der Waals surface area contributed by atoms with E-state index in [-0.39, 0.29) is 12.5 Å². The third-order valence-electron chi connectivity index (χ3n) is 3.69. The Hall–Kier alpha value is -2.73. The Morgan fingerprint density at radius 3 is 2.68 bits per heavy atom. The maximum Gasteiger partial charge on any atom is 0.265 e. The van der Waals surface area contributed by atoms with Crippen LogP contribution in [0.25, 0.3) is 0 Å². The summed E-state index contributed by atoms with van der Waals surface area (Å²) in [5.41, 5.74) is 2.32. The summed E-state index contributed by atoms with van der Waals surface area (Å²) in [6.45, 7) is 6.42. The van der Waals surface area contributed by atoms with Crippen molar-refractivity contribution in [2.75, 3.05) is 25.6 Å². The molecule has 2 aromatic rings. The number of methoxy groups -OCH3 is 1. The normalized spacial score (nSPS) is 10.9. The van der Waals surface area contributed by atoms with Crippen molar-refractivity contribution in [1.29, 1.82) is 0 Å². The number of halogens is 1. The fourth-order valence-electron chi connectivity index (χ4n) is 2.29. The minimum absolute atomic E-state index is 0.203. The van der Waals surface area contributed by atoms with E-state index in [1.165, 1.54) is 6.21 Å². The van der Waals surface area contributed by atoms with Gasteiger partial charge in [-0.15, -0.1) is 0 Å². The number of benzene rings is 2. The number of carbonyl (C=O) groups excluding carboxylic acids is 1. The SMILES string of the molecule is COc1cc(/C=N\OCC(=O)Nc2ccc(Cl)cc2C)ccc1OCC(C)C. The second kappa shape index (κ2) is 10.6. The van der Waals surface area contributed by atoms with Crippen molar-refractivity contribution in [3.63, 3.8) is 0 Å². The van der Waals surface area contributed by atoms with Crippen LogP contribution in [0, 0.1) is 12.8 Å². The van der Waals surface area contributed by atoms with E-state index in [1.54, 1.807) is 31.4 Å². The van der Waals surface area contributed by atoms with Gasteiger partial charge in [0.05, 0.1) is 19.9 Å². The Kier molecular flexibility index (Phi) is 8.14. The molecule has 0 aromatic heterocycles. The molecule has 2 rings (SSSR count). The van der Waals surface area contributed by atoms with E-state index in [0.29, 0.717) is 34.7 Å². The molecule has 28 heavy (non-hydrogen) atoms. The van der Waals surface area contributed by atoms with Crippen LogP contribution in [0.4, 0.5) is 5.69 Å². The van der Waals surface area contributed by atoms with Crippen LogP contribution in [-0.2, 0) is 9.63 Å². The van der Waals surface area contributed by atoms with Crippen molar-refractivity contribution in [2.24, 2.45) is 11.1 Å². The molecule has 6 nitrogen and oxygen atoms in total. The van der Waals surface area contributed by atoms with Crippen LogP contribution >= 0.6 is 11.6 Å². The average molecular weight is 405 g/mol. The third kappa shape index (κ3) is 6.78. The fraction of sp³-hybridized carbons (Fsp3) is 0.333. The summed E-state index contributed by atoms with van der Waals surface area (Å²) in [6, 6.07) is 10.7. The van der Waals surface area contributed by atoms with E-state index < -0.39 is 0 Å². The molecule has 0 aliphatic heterocycles. The molecule has 0 unspecified atom stereocenters. The summed E-state index contributed by atoms with van der Waals surface area (Å²) >= 11 is 5.90. The predicted molar refractivity (Wildman–Crippen MR) is 112 cm³/mol. The van der Waals surface area contributed by atoms with Gasteiger partial charge < -0.3 is 19.6 Å². The van der Waals surface area contributed by atoms with Gasteiger partial charge in [0.25, 0.3) is 5.91 Å². The lowest BCUT2D eigenvalue weighted by molar-refractivity contribution is -0.120. The highest BCUT2D eigenvalue weighted by Gasteiger charge is 2.07. The highest BCUT2D eigenvalue weighted by atomic mass is 35.5. The number of nitrogens with one attached hydrogen (secondary N) is 1. The van der Waals surface area contributed by atoms with Gasteiger partial charge in [0.15, 0.2) is 18.1 Å². The van der Waals surface area contributed by atoms with Crippen LogP contribution in [0.3, 0.4) is 0 Å². The van der Waals surface area contributed by atoms with Gasteiger partial charge in [0.2, 0.25) is 0 Å². The number of oxime groups is 1. The minimum atomic E-state index is -0.308. The Bertz CT molecular complexity index is 837. The van der Waals surface area contributed by atoms with E-state index in [9.17, 15) is 4.79 Å². The number of amides is 1. The molecule has 7 heteroatoms. The molecule has 150 valence electrons. The fourth-order valence-corrected chi connectivity index (χ4v) is 2.51. The van der Waals surface area contributed by atoms with Crippen molar-refractivity contribution in [3.8, 4) is 11.5 Å². The Morgan fingerprint density at radius 1 is 1.21 bits per heavy atom. The smallest absolute Gasteiger partial charge is 0.265 e. The summed E-state index contributed by atoms with van der Waals surface area (Å²) in [7, 11) is 1.58. The molecular formula is C21H25ClN2O4. The number of ether oxygens (including phenoxy) is 2. The molecule has 0 spiro atoms. The van der Waals surface area contributed by atoms with Crippen molar-refractivity contribution in [2.45, 2.75) is 20.8 Å². The molecule has 2 aromatic carbocycles. The van der Waals surface area contributed by atoms with Gasteiger partial charge in [0, 0.05) is 16.3 Å². The lowest BCUT2D eigenvalue weighted by Crippen LogP contribution is -2.17. The average Bonchev–Trinajstić information content (AvgIpc) is 2.66. The zero-order valence-electron chi connectivity index (χ0n) is 16.5. The zero-order chi connectivity index (χ0) is 20.5. The first-order valence-electron chi connectivity index (χ1n) is 8.91. The standard InChI is InChI=1S/C21H25ClN2O4/c1-14(2)12-27-19-8-5-16(10-20(19)26-4)11-23-28-13-21(25)24-18-7-6-17(22)9-15(18)3/h5-11,14H,12-13H2,1-4H3,(H,24,25)/b23-11-. The number of rotatable bonds is 9. The van der Waals surface area contributed by atoms with Crippen LogP contribution in [-0.4, -0.2) is 32.4 Å². The molecule has 0 aliphatic carbocycles. The number of nitrogens with zero attached hydrogens (tertiary/aromatic N) is 1. The van der Waals surface area contributed by atoms with Gasteiger partial charge in [-0.1, -0.05) is 30.6 Å². The minimum Gasteiger partial charge on any atom is -0.493 e. The lowest BCUT2D eigenvalue weighted by atomic mass is 10.2. The van der Waals surface area contributed by atoms with E-state index in [4.69, 9.17) is 25.9 Å². The molecule has 1 N–H and O–H groups in total. The lowest BCUT2D eigenvalue weighted by Gasteiger charge is -2.12. The molecule has 0 bridgehead atoms. The Balaban J connectivity index is 1.87. The topological polar surface area (TPSA) is 69.2 Å². The van der Waals surface area contributed by atoms with Crippen molar-refractivity contribution in [3.05, 3.63) is 52.5 Å². The number of hydrogen-bond acceptors (Lipinski definition) is 5. The maximum atomic E-state index is 12.0. The molecule has 1 amide bonds. The summed E-state index contributed by atoms with van der Waals surface area (Å²) < 4.78 is 11.1. The van der Waals surface area contributed by atoms with Crippen molar-refractivity contribution < 1.29 is 19.1 Å². The van der Waals surface area contributed by atoms with Gasteiger partial charge in [-0.25, -0.2) is 0 Å². The van der Waals surface area contributed by atoms with Gasteiger partial charge >= 0.3 is 0 Å². The first-order chi connectivity index (χ1) is 13.4. The Morgan fingerprint density at radius 2 is 2.00 bits per heavy atom. The van der Waals surface area contributed by atoms with Crippen molar-refractivity contribution in [1.82, 2.24) is 0 Å². The van der Waals surface area contributed by atoms with Gasteiger partial charge in [0.1, 0.15) is 0 Å². The van der Waals surface area contributed by atoms with Crippen LogP contribution in [0.15, 0.2) is 41.6 Å². The summed E-state index contributed by atoms with van der Waals surface area (Å²) in [6.07, 6.45) is 1.51. The predicted octanol–water partition coefficient (Wildman–Crippen LogP) is 4.68. The van der Waals surface area contributed by atoms with Crippen LogP contribution in [0.1, 0.15) is 25.0 Å². The van der Waals surface area contributed by atoms with E-state index in [1.807, 2.05) is 19.1 Å². The number of hydrogen-bond donors (Lipinski definition) is 1. The largest absolute Gasteiger partial charge is 0.493 e. The molecule has 0 fully saturated rings. The third-order valence-corrected chi connectivity index (χ3v) is 3.93. The molecular weight excluding hydrogens is 380 g/mol. The van der Waals surface area contributed by atoms with Crippen LogP contribution in [0.5, 0.6) is 11.5 Å². The summed E-state index contributed by atoms with van der Waals surface area (Å²) in [5.74, 6) is 1.40. The van der Waals surface area contributed by atoms with E-state index >= 15 is 0 Å². The van der Waals surface area contributed by atoms with E-state index in [2.05, 4.69) is 24.3 Å². The quantitative estimate of drug-likeness (QED) is 0.486. The number of carbonyl (C=O) groups is 1. The first kappa shape index (κ1) is 21.6. The molecule has 0 saturated heterocycles. The summed E-state index contributed by atoms with van der Waals surface area (Å²) in [4.78, 5) is 17.0. The van der Waals surface area contributed by atoms with Gasteiger partial charge in [-0.3, -0.25) is 4.79 Å². The molecule has 0 aliphatic rings. The molecule has 0 saturated carbocycles. The zero-order valence-corrected chi connectivity index (χ0v) is 17.2. The second-order valence-electron chi connectivity index (χ2n) is 6.63. The number of aryl methyl sites for hydroxylation is 1. The first-order valence-corrected chi connectivity index (χ1v) is 9.29. The van der Waals surface area contributed by atoms with Crippen LogP contribution < -0.4 is 14.8 Å². The van der Waals surface area contributed by atoms with Crippen molar-refractivity contribution >= 4 is 29.4 Å². The molecule has 0 heterocycles. The number of anilines is 1.